The Kier molecular flexibility index (Phi) is 5.82. The van der Waals surface area contributed by atoms with Gasteiger partial charge in [0.15, 0.2) is 0 Å². The van der Waals surface area contributed by atoms with Crippen molar-refractivity contribution in [3.05, 3.63) is 47.5 Å². The zero-order valence-corrected chi connectivity index (χ0v) is 14.2. The number of amides is 1. The van der Waals surface area contributed by atoms with Gasteiger partial charge >= 0.3 is 0 Å². The molecule has 0 spiro atoms. The molecule has 7 heteroatoms. The second-order valence-electron chi connectivity index (χ2n) is 5.89. The van der Waals surface area contributed by atoms with Gasteiger partial charge in [-0.1, -0.05) is 29.8 Å². The van der Waals surface area contributed by atoms with Crippen molar-refractivity contribution in [1.82, 2.24) is 19.7 Å². The molecule has 2 aromatic rings. The summed E-state index contributed by atoms with van der Waals surface area (Å²) in [6.07, 6.45) is 5.16. The molecule has 0 radical (unpaired) electrons. The van der Waals surface area contributed by atoms with Gasteiger partial charge in [-0.05, 0) is 18.1 Å². The van der Waals surface area contributed by atoms with Gasteiger partial charge in [-0.25, -0.2) is 4.98 Å². The molecule has 0 unspecified atom stereocenters. The average molecular weight is 349 g/mol. The molecule has 24 heavy (non-hydrogen) atoms. The number of rotatable bonds is 6. The Morgan fingerprint density at radius 3 is 3.04 bits per heavy atom. The van der Waals surface area contributed by atoms with Crippen LogP contribution in [0.5, 0.6) is 0 Å². The van der Waals surface area contributed by atoms with E-state index in [0.717, 1.165) is 23.4 Å². The van der Waals surface area contributed by atoms with Crippen LogP contribution in [0.25, 0.3) is 0 Å². The first-order valence-corrected chi connectivity index (χ1v) is 8.55. The van der Waals surface area contributed by atoms with Gasteiger partial charge in [-0.3, -0.25) is 9.48 Å². The van der Waals surface area contributed by atoms with Crippen LogP contribution in [0.1, 0.15) is 18.4 Å². The summed E-state index contributed by atoms with van der Waals surface area (Å²) in [7, 11) is 0. The van der Waals surface area contributed by atoms with Crippen LogP contribution in [0.2, 0.25) is 5.02 Å². The lowest BCUT2D eigenvalue weighted by atomic mass is 10.1. The number of hydrogen-bond donors (Lipinski definition) is 0. The van der Waals surface area contributed by atoms with Gasteiger partial charge in [-0.15, -0.1) is 0 Å². The SMILES string of the molecule is O=C(CCCn1cncn1)N1CCO[C@@H](Cc2ccccc2Cl)C1. The van der Waals surface area contributed by atoms with E-state index in [1.807, 2.05) is 29.2 Å². The zero-order valence-electron chi connectivity index (χ0n) is 13.5. The molecule has 0 saturated carbocycles. The van der Waals surface area contributed by atoms with Crippen LogP contribution in [-0.4, -0.2) is 51.4 Å². The molecule has 0 bridgehead atoms. The van der Waals surface area contributed by atoms with E-state index in [-0.39, 0.29) is 12.0 Å². The highest BCUT2D eigenvalue weighted by molar-refractivity contribution is 6.31. The average Bonchev–Trinajstić information content (AvgIpc) is 3.10. The van der Waals surface area contributed by atoms with E-state index >= 15 is 0 Å². The van der Waals surface area contributed by atoms with Crippen molar-refractivity contribution in [2.75, 3.05) is 19.7 Å². The van der Waals surface area contributed by atoms with E-state index in [9.17, 15) is 4.79 Å². The number of benzene rings is 1. The molecule has 1 aromatic heterocycles. The normalized spacial score (nSPS) is 17.9. The lowest BCUT2D eigenvalue weighted by Gasteiger charge is -2.33. The number of ether oxygens (including phenoxy) is 1. The van der Waals surface area contributed by atoms with Gasteiger partial charge in [0.2, 0.25) is 5.91 Å². The van der Waals surface area contributed by atoms with Crippen LogP contribution in [0, 0.1) is 0 Å². The Hall–Kier alpha value is -1.92. The van der Waals surface area contributed by atoms with E-state index in [1.54, 1.807) is 11.0 Å². The molecule has 1 amide bonds. The lowest BCUT2D eigenvalue weighted by molar-refractivity contribution is -0.138. The highest BCUT2D eigenvalue weighted by Crippen LogP contribution is 2.19. The Labute approximate surface area is 146 Å². The van der Waals surface area contributed by atoms with Gasteiger partial charge in [0.05, 0.1) is 12.7 Å². The highest BCUT2D eigenvalue weighted by Gasteiger charge is 2.24. The van der Waals surface area contributed by atoms with Crippen LogP contribution in [0.4, 0.5) is 0 Å². The van der Waals surface area contributed by atoms with E-state index < -0.39 is 0 Å². The summed E-state index contributed by atoms with van der Waals surface area (Å²) in [6, 6.07) is 7.77. The Morgan fingerprint density at radius 1 is 1.38 bits per heavy atom. The predicted molar refractivity (Wildman–Crippen MR) is 90.7 cm³/mol. The second kappa shape index (κ2) is 8.26. The van der Waals surface area contributed by atoms with Crippen molar-refractivity contribution in [1.29, 1.82) is 0 Å². The third-order valence-electron chi connectivity index (χ3n) is 4.14. The summed E-state index contributed by atoms with van der Waals surface area (Å²) in [5, 5.41) is 4.79. The quantitative estimate of drug-likeness (QED) is 0.802. The summed E-state index contributed by atoms with van der Waals surface area (Å²) < 4.78 is 7.55. The summed E-state index contributed by atoms with van der Waals surface area (Å²) in [6.45, 7) is 2.55. The number of aryl methyl sites for hydroxylation is 1. The molecule has 128 valence electrons. The van der Waals surface area contributed by atoms with Crippen molar-refractivity contribution in [2.45, 2.75) is 31.9 Å². The molecule has 6 nitrogen and oxygen atoms in total. The van der Waals surface area contributed by atoms with E-state index in [0.29, 0.717) is 32.7 Å². The molecule has 1 saturated heterocycles. The molecule has 1 fully saturated rings. The monoisotopic (exact) mass is 348 g/mol. The predicted octanol–water partition coefficient (Wildman–Crippen LogP) is 2.18. The first-order valence-electron chi connectivity index (χ1n) is 8.17. The number of carbonyl (C=O) groups excluding carboxylic acids is 1. The minimum Gasteiger partial charge on any atom is -0.374 e. The molecular formula is C17H21ClN4O2. The first kappa shape index (κ1) is 16.9. The van der Waals surface area contributed by atoms with Crippen molar-refractivity contribution >= 4 is 17.5 Å². The van der Waals surface area contributed by atoms with Crippen molar-refractivity contribution in [2.24, 2.45) is 0 Å². The largest absolute Gasteiger partial charge is 0.374 e. The summed E-state index contributed by atoms with van der Waals surface area (Å²) in [4.78, 5) is 18.2. The van der Waals surface area contributed by atoms with Crippen molar-refractivity contribution in [3.63, 3.8) is 0 Å². The minimum atomic E-state index is -0.00193. The number of halogens is 1. The third-order valence-corrected chi connectivity index (χ3v) is 4.51. The Morgan fingerprint density at radius 2 is 2.25 bits per heavy atom. The fourth-order valence-electron chi connectivity index (χ4n) is 2.88. The van der Waals surface area contributed by atoms with Gasteiger partial charge in [0.25, 0.3) is 0 Å². The number of hydrogen-bond acceptors (Lipinski definition) is 4. The van der Waals surface area contributed by atoms with Crippen LogP contribution >= 0.6 is 11.6 Å². The number of carbonyl (C=O) groups is 1. The molecule has 1 aliphatic heterocycles. The maximum Gasteiger partial charge on any atom is 0.222 e. The summed E-state index contributed by atoms with van der Waals surface area (Å²) in [5.41, 5.74) is 1.06. The smallest absolute Gasteiger partial charge is 0.222 e. The molecule has 1 aliphatic rings. The number of aromatic nitrogens is 3. The van der Waals surface area contributed by atoms with Gasteiger partial charge in [-0.2, -0.15) is 5.10 Å². The molecule has 0 N–H and O–H groups in total. The maximum atomic E-state index is 12.4. The van der Waals surface area contributed by atoms with Gasteiger partial charge in [0, 0.05) is 37.5 Å². The lowest BCUT2D eigenvalue weighted by Crippen LogP contribution is -2.46. The molecule has 2 heterocycles. The fraction of sp³-hybridized carbons (Fsp3) is 0.471. The molecule has 1 atom stereocenters. The van der Waals surface area contributed by atoms with Gasteiger partial charge in [0.1, 0.15) is 12.7 Å². The van der Waals surface area contributed by atoms with E-state index in [4.69, 9.17) is 16.3 Å². The number of nitrogens with zero attached hydrogens (tertiary/aromatic N) is 4. The topological polar surface area (TPSA) is 60.2 Å². The summed E-state index contributed by atoms with van der Waals surface area (Å²) >= 11 is 6.21. The van der Waals surface area contributed by atoms with E-state index in [2.05, 4.69) is 10.1 Å². The Balaban J connectivity index is 1.47. The molecule has 1 aromatic carbocycles. The van der Waals surface area contributed by atoms with E-state index in [1.165, 1.54) is 6.33 Å². The van der Waals surface area contributed by atoms with Crippen LogP contribution in [0.3, 0.4) is 0 Å². The van der Waals surface area contributed by atoms with Gasteiger partial charge < -0.3 is 9.64 Å². The minimum absolute atomic E-state index is 0.00193. The molecule has 3 rings (SSSR count). The molecular weight excluding hydrogens is 328 g/mol. The maximum absolute atomic E-state index is 12.4. The highest BCUT2D eigenvalue weighted by atomic mass is 35.5. The second-order valence-corrected chi connectivity index (χ2v) is 6.30. The fourth-order valence-corrected chi connectivity index (χ4v) is 3.09. The standard InChI is InChI=1S/C17H21ClN4O2/c18-16-5-2-1-4-14(16)10-15-11-21(8-9-24-15)17(23)6-3-7-22-13-19-12-20-22/h1-2,4-5,12-13,15H,3,6-11H2/t15-/m0/s1. The Bertz CT molecular complexity index is 662. The zero-order chi connectivity index (χ0) is 16.8. The summed E-state index contributed by atoms with van der Waals surface area (Å²) in [5.74, 6) is 0.169. The van der Waals surface area contributed by atoms with Crippen molar-refractivity contribution < 1.29 is 9.53 Å². The van der Waals surface area contributed by atoms with Crippen LogP contribution in [0.15, 0.2) is 36.9 Å². The first-order chi connectivity index (χ1) is 11.7. The number of morpholine rings is 1. The third kappa shape index (κ3) is 4.55. The van der Waals surface area contributed by atoms with Crippen LogP contribution < -0.4 is 0 Å². The van der Waals surface area contributed by atoms with Crippen LogP contribution in [-0.2, 0) is 22.5 Å². The van der Waals surface area contributed by atoms with Crippen molar-refractivity contribution in [3.8, 4) is 0 Å². The molecule has 0 aliphatic carbocycles.